The number of aromatic nitrogens is 2. The van der Waals surface area contributed by atoms with Crippen LogP contribution in [0.15, 0.2) is 11.0 Å². The molecule has 5 nitrogen and oxygen atoms in total. The van der Waals surface area contributed by atoms with E-state index in [1.54, 1.807) is 6.29 Å². The van der Waals surface area contributed by atoms with Crippen molar-refractivity contribution in [3.63, 3.8) is 0 Å². The summed E-state index contributed by atoms with van der Waals surface area (Å²) >= 11 is 0. The summed E-state index contributed by atoms with van der Waals surface area (Å²) in [6, 6.07) is 0. The summed E-state index contributed by atoms with van der Waals surface area (Å²) in [7, 11) is 0. The number of anilines is 1. The van der Waals surface area contributed by atoms with Crippen molar-refractivity contribution in [1.82, 2.24) is 9.55 Å². The van der Waals surface area contributed by atoms with Crippen molar-refractivity contribution < 1.29 is 37.5 Å². The van der Waals surface area contributed by atoms with Gasteiger partial charge in [-0.15, -0.1) is 0 Å². The molecule has 6 heteroatoms. The first-order valence-electron chi connectivity index (χ1n) is 3.90. The van der Waals surface area contributed by atoms with Gasteiger partial charge in [0, 0.05) is 44.5 Å². The maximum Gasteiger partial charge on any atom is 0.347 e. The number of aryl methyl sites for hydroxylation is 1. The van der Waals surface area contributed by atoms with Gasteiger partial charge in [0.25, 0.3) is 0 Å². The molecule has 0 amide bonds. The molecule has 14 heavy (non-hydrogen) atoms. The third kappa shape index (κ3) is 2.99. The van der Waals surface area contributed by atoms with Crippen molar-refractivity contribution in [1.29, 1.82) is 0 Å². The summed E-state index contributed by atoms with van der Waals surface area (Å²) in [5.74, 6) is 0.231. The Bertz CT molecular complexity index is 375. The van der Waals surface area contributed by atoms with Crippen molar-refractivity contribution in [3.8, 4) is 0 Å². The SMILES string of the molecule is CCc1cn(C[C-]=O)c(=O)nc1N.[Y]. The molecule has 0 saturated heterocycles. The van der Waals surface area contributed by atoms with E-state index in [1.165, 1.54) is 10.8 Å². The molecule has 0 atom stereocenters. The molecule has 1 radical (unpaired) electrons. The zero-order valence-corrected chi connectivity index (χ0v) is 10.7. The first kappa shape index (κ1) is 13.5. The van der Waals surface area contributed by atoms with Gasteiger partial charge in [0.2, 0.25) is 0 Å². The Balaban J connectivity index is 0.00000169. The van der Waals surface area contributed by atoms with E-state index in [9.17, 15) is 9.59 Å². The molecular weight excluding hydrogens is 259 g/mol. The molecule has 0 saturated carbocycles. The van der Waals surface area contributed by atoms with Crippen LogP contribution in [-0.4, -0.2) is 15.8 Å². The fraction of sp³-hybridized carbons (Fsp3) is 0.375. The number of rotatable bonds is 3. The average Bonchev–Trinajstić information content (AvgIpc) is 2.10. The Hall–Kier alpha value is -0.546. The minimum absolute atomic E-state index is 0. The van der Waals surface area contributed by atoms with E-state index in [4.69, 9.17) is 5.73 Å². The minimum Gasteiger partial charge on any atom is -0.540 e. The van der Waals surface area contributed by atoms with Gasteiger partial charge in [0.1, 0.15) is 5.82 Å². The van der Waals surface area contributed by atoms with Crippen molar-refractivity contribution in [2.45, 2.75) is 19.9 Å². The third-order valence-electron chi connectivity index (χ3n) is 1.72. The minimum atomic E-state index is -0.516. The molecule has 0 unspecified atom stereocenters. The van der Waals surface area contributed by atoms with Crippen LogP contribution in [-0.2, 0) is 50.5 Å². The van der Waals surface area contributed by atoms with Crippen molar-refractivity contribution >= 4 is 12.1 Å². The van der Waals surface area contributed by atoms with E-state index in [0.717, 1.165) is 5.56 Å². The van der Waals surface area contributed by atoms with Crippen molar-refractivity contribution in [3.05, 3.63) is 22.2 Å². The maximum atomic E-state index is 11.1. The molecule has 0 aliphatic rings. The molecular formula is C8H10N3O2Y-. The smallest absolute Gasteiger partial charge is 0.347 e. The summed E-state index contributed by atoms with van der Waals surface area (Å²) in [6.07, 6.45) is 3.84. The standard InChI is InChI=1S/C8H10N3O2.Y/c1-2-6-5-11(3-4-12)8(13)10-7(6)9;/h5H,2-3H2,1H3,(H2,9,10,13);/q-1;. The van der Waals surface area contributed by atoms with Crippen LogP contribution < -0.4 is 11.4 Å². The van der Waals surface area contributed by atoms with E-state index in [2.05, 4.69) is 4.98 Å². The molecule has 1 aromatic heterocycles. The van der Waals surface area contributed by atoms with Crippen molar-refractivity contribution in [2.75, 3.05) is 5.73 Å². The monoisotopic (exact) mass is 269 g/mol. The maximum absolute atomic E-state index is 11.1. The van der Waals surface area contributed by atoms with Crippen LogP contribution in [0, 0.1) is 0 Å². The van der Waals surface area contributed by atoms with Crippen LogP contribution in [0.25, 0.3) is 0 Å². The Labute approximate surface area is 107 Å². The molecule has 0 aliphatic heterocycles. The van der Waals surface area contributed by atoms with E-state index in [0.29, 0.717) is 6.42 Å². The van der Waals surface area contributed by atoms with Crippen LogP contribution in [0.5, 0.6) is 0 Å². The Kier molecular flexibility index (Phi) is 5.80. The fourth-order valence-electron chi connectivity index (χ4n) is 1.00. The van der Waals surface area contributed by atoms with Gasteiger partial charge in [-0.05, 0) is 6.42 Å². The van der Waals surface area contributed by atoms with Crippen LogP contribution in [0.2, 0.25) is 0 Å². The second-order valence-electron chi connectivity index (χ2n) is 2.56. The van der Waals surface area contributed by atoms with E-state index in [-0.39, 0.29) is 45.1 Å². The fourth-order valence-corrected chi connectivity index (χ4v) is 1.00. The number of carbonyl (C=O) groups excluding carboxylic acids is 1. The number of nitrogen functional groups attached to an aromatic ring is 1. The number of hydrogen-bond donors (Lipinski definition) is 1. The van der Waals surface area contributed by atoms with Gasteiger partial charge in [0.05, 0.1) is 0 Å². The Morgan fingerprint density at radius 2 is 2.29 bits per heavy atom. The zero-order chi connectivity index (χ0) is 9.84. The van der Waals surface area contributed by atoms with Gasteiger partial charge in [-0.2, -0.15) is 4.98 Å². The molecule has 1 aromatic rings. The number of nitrogens with zero attached hydrogens (tertiary/aromatic N) is 2. The van der Waals surface area contributed by atoms with E-state index < -0.39 is 5.69 Å². The molecule has 0 aromatic carbocycles. The Morgan fingerprint density at radius 3 is 2.79 bits per heavy atom. The summed E-state index contributed by atoms with van der Waals surface area (Å²) in [4.78, 5) is 24.7. The molecule has 1 heterocycles. The summed E-state index contributed by atoms with van der Waals surface area (Å²) in [5.41, 5.74) is 5.72. The normalized spacial score (nSPS) is 9.21. The Morgan fingerprint density at radius 1 is 1.64 bits per heavy atom. The molecule has 0 spiro atoms. The van der Waals surface area contributed by atoms with E-state index in [1.807, 2.05) is 6.92 Å². The van der Waals surface area contributed by atoms with Crippen LogP contribution in [0.1, 0.15) is 12.5 Å². The van der Waals surface area contributed by atoms with Gasteiger partial charge in [-0.1, -0.05) is 13.5 Å². The largest absolute Gasteiger partial charge is 0.540 e. The molecule has 0 aliphatic carbocycles. The number of nitrogens with two attached hydrogens (primary N) is 1. The predicted octanol–water partition coefficient (Wildman–Crippen LogP) is -0.505. The second-order valence-corrected chi connectivity index (χ2v) is 2.56. The summed E-state index contributed by atoms with van der Waals surface area (Å²) < 4.78 is 1.18. The molecule has 2 N–H and O–H groups in total. The van der Waals surface area contributed by atoms with Gasteiger partial charge in [0.15, 0.2) is 0 Å². The third-order valence-corrected chi connectivity index (χ3v) is 1.72. The predicted molar refractivity (Wildman–Crippen MR) is 48.0 cm³/mol. The second kappa shape index (κ2) is 6.03. The zero-order valence-electron chi connectivity index (χ0n) is 7.86. The topological polar surface area (TPSA) is 78.0 Å². The van der Waals surface area contributed by atoms with Crippen LogP contribution in [0.3, 0.4) is 0 Å². The van der Waals surface area contributed by atoms with Gasteiger partial charge in [-0.25, -0.2) is 11.1 Å². The van der Waals surface area contributed by atoms with Crippen LogP contribution >= 0.6 is 0 Å². The quantitative estimate of drug-likeness (QED) is 0.750. The van der Waals surface area contributed by atoms with E-state index >= 15 is 0 Å². The number of hydrogen-bond acceptors (Lipinski definition) is 4. The average molecular weight is 269 g/mol. The first-order chi connectivity index (χ1) is 6.19. The van der Waals surface area contributed by atoms with Gasteiger partial charge >= 0.3 is 5.69 Å². The van der Waals surface area contributed by atoms with Crippen LogP contribution in [0.4, 0.5) is 5.82 Å². The molecule has 73 valence electrons. The summed E-state index contributed by atoms with van der Waals surface area (Å²) in [6.45, 7) is 1.80. The van der Waals surface area contributed by atoms with Crippen molar-refractivity contribution in [2.24, 2.45) is 0 Å². The van der Waals surface area contributed by atoms with Gasteiger partial charge in [-0.3, -0.25) is 0 Å². The molecule has 1 rings (SSSR count). The molecule has 0 fully saturated rings. The first-order valence-corrected chi connectivity index (χ1v) is 3.90. The molecule has 0 bridgehead atoms. The van der Waals surface area contributed by atoms with Gasteiger partial charge < -0.3 is 15.1 Å². The summed E-state index contributed by atoms with van der Waals surface area (Å²) in [5, 5.41) is 0.